The third-order valence-corrected chi connectivity index (χ3v) is 9.39. The molecule has 0 saturated heterocycles. The number of carboxylic acid groups (broad SMARTS) is 1. The fourth-order valence-corrected chi connectivity index (χ4v) is 5.92. The second kappa shape index (κ2) is 38.8. The first-order valence-electron chi connectivity index (χ1n) is 21.0. The van der Waals surface area contributed by atoms with Gasteiger partial charge in [0.2, 0.25) is 0 Å². The zero-order valence-corrected chi connectivity index (χ0v) is 35.3. The summed E-state index contributed by atoms with van der Waals surface area (Å²) in [5, 5.41) is 8.88. The van der Waals surface area contributed by atoms with Gasteiger partial charge in [0.1, 0.15) is 12.6 Å². The van der Waals surface area contributed by atoms with Crippen LogP contribution in [0.2, 0.25) is 0 Å². The van der Waals surface area contributed by atoms with Gasteiger partial charge in [0, 0.05) is 12.8 Å². The molecule has 0 spiro atoms. The number of allylic oxidation sites excluding steroid dienone is 12. The molecule has 320 valence electrons. The van der Waals surface area contributed by atoms with Crippen molar-refractivity contribution in [3.8, 4) is 0 Å². The Bertz CT molecular complexity index is 1230. The summed E-state index contributed by atoms with van der Waals surface area (Å²) in [6.45, 7) is 2.59. The van der Waals surface area contributed by atoms with Crippen LogP contribution in [0.1, 0.15) is 155 Å². The molecule has 0 saturated carbocycles. The van der Waals surface area contributed by atoms with E-state index in [1.54, 1.807) is 0 Å². The Kier molecular flexibility index (Phi) is 36.6. The summed E-state index contributed by atoms with van der Waals surface area (Å²) in [6.07, 6.45) is 45.4. The zero-order valence-electron chi connectivity index (χ0n) is 34.4. The number of hydrogen-bond donors (Lipinski definition) is 3. The number of hydrogen-bond acceptors (Lipinski definition) is 9. The van der Waals surface area contributed by atoms with Crippen molar-refractivity contribution in [3.05, 3.63) is 72.9 Å². The lowest BCUT2D eigenvalue weighted by molar-refractivity contribution is -0.161. The molecule has 0 aromatic heterocycles. The Hall–Kier alpha value is -3.08. The van der Waals surface area contributed by atoms with Crippen LogP contribution in [0.25, 0.3) is 0 Å². The molecular formula is C44H74NO10P. The van der Waals surface area contributed by atoms with Crippen molar-refractivity contribution in [2.24, 2.45) is 5.73 Å². The highest BCUT2D eigenvalue weighted by Gasteiger charge is 2.28. The number of carbonyl (C=O) groups is 3. The van der Waals surface area contributed by atoms with Crippen molar-refractivity contribution in [1.82, 2.24) is 0 Å². The Morgan fingerprint density at radius 1 is 0.571 bits per heavy atom. The molecule has 0 aliphatic heterocycles. The van der Waals surface area contributed by atoms with Gasteiger partial charge in [-0.2, -0.15) is 0 Å². The number of nitrogens with two attached hydrogens (primary N) is 1. The average Bonchev–Trinajstić information content (AvgIpc) is 3.17. The normalized spacial score (nSPS) is 14.5. The molecule has 3 atom stereocenters. The topological polar surface area (TPSA) is 172 Å². The molecule has 0 fully saturated rings. The van der Waals surface area contributed by atoms with Crippen LogP contribution in [0.5, 0.6) is 0 Å². The number of phosphoric ester groups is 1. The van der Waals surface area contributed by atoms with Gasteiger partial charge in [-0.3, -0.25) is 23.4 Å². The molecule has 12 heteroatoms. The standard InChI is InChI=1S/C44H74NO10P/c1-3-5-7-9-11-13-15-17-19-20-22-23-25-27-29-31-33-35-42(46)52-37-40(38-53-56(50,51)54-39-41(45)44(48)49)55-43(47)36-34-32-30-28-26-24-21-18-16-14-12-10-8-6-4-2/h6,8,11-14,17-19,21,26,28,40-41H,3-5,7,9-10,15-16,20,22-25,27,29-39,45H2,1-2H3,(H,48,49)(H,50,51)/b8-6-,13-11-,14-12-,19-17-,21-18-,28-26-/t40-,41+/m1/s1. The van der Waals surface area contributed by atoms with Crippen molar-refractivity contribution >= 4 is 25.7 Å². The molecule has 1 unspecified atom stereocenters. The van der Waals surface area contributed by atoms with E-state index in [0.29, 0.717) is 12.8 Å². The number of unbranched alkanes of at least 4 members (excludes halogenated alkanes) is 12. The van der Waals surface area contributed by atoms with Gasteiger partial charge in [-0.25, -0.2) is 4.57 Å². The first kappa shape index (κ1) is 52.9. The molecule has 0 aliphatic carbocycles. The summed E-state index contributed by atoms with van der Waals surface area (Å²) in [6, 6.07) is -1.53. The lowest BCUT2D eigenvalue weighted by atomic mass is 10.1. The lowest BCUT2D eigenvalue weighted by Gasteiger charge is -2.20. The molecule has 0 heterocycles. The first-order chi connectivity index (χ1) is 27.1. The maximum absolute atomic E-state index is 12.6. The number of carbonyl (C=O) groups excluding carboxylic acids is 2. The van der Waals surface area contributed by atoms with Crippen LogP contribution in [-0.4, -0.2) is 59.9 Å². The maximum Gasteiger partial charge on any atom is 0.472 e. The minimum atomic E-state index is -4.73. The van der Waals surface area contributed by atoms with Crippen molar-refractivity contribution in [2.45, 2.75) is 167 Å². The Labute approximate surface area is 338 Å². The molecule has 0 aromatic carbocycles. The largest absolute Gasteiger partial charge is 0.480 e. The van der Waals surface area contributed by atoms with Crippen LogP contribution in [0.3, 0.4) is 0 Å². The number of phosphoric acid groups is 1. The summed E-state index contributed by atoms with van der Waals surface area (Å²) in [4.78, 5) is 45.9. The third-order valence-electron chi connectivity index (χ3n) is 8.44. The molecule has 0 rings (SSSR count). The van der Waals surface area contributed by atoms with Gasteiger partial charge in [0.25, 0.3) is 0 Å². The van der Waals surface area contributed by atoms with E-state index in [4.69, 9.17) is 24.8 Å². The summed E-state index contributed by atoms with van der Waals surface area (Å²) < 4.78 is 32.6. The molecule has 0 amide bonds. The average molecular weight is 808 g/mol. The molecule has 11 nitrogen and oxygen atoms in total. The van der Waals surface area contributed by atoms with E-state index in [1.165, 1.54) is 38.5 Å². The minimum Gasteiger partial charge on any atom is -0.480 e. The summed E-state index contributed by atoms with van der Waals surface area (Å²) in [5.74, 6) is -2.45. The fourth-order valence-electron chi connectivity index (χ4n) is 5.14. The van der Waals surface area contributed by atoms with Crippen LogP contribution in [0, 0.1) is 0 Å². The Morgan fingerprint density at radius 2 is 1.00 bits per heavy atom. The predicted molar refractivity (Wildman–Crippen MR) is 226 cm³/mol. The van der Waals surface area contributed by atoms with Crippen LogP contribution in [0.15, 0.2) is 72.9 Å². The van der Waals surface area contributed by atoms with Crippen molar-refractivity contribution in [2.75, 3.05) is 19.8 Å². The molecule has 56 heavy (non-hydrogen) atoms. The fraction of sp³-hybridized carbons (Fsp3) is 0.659. The van der Waals surface area contributed by atoms with Gasteiger partial charge >= 0.3 is 25.7 Å². The highest BCUT2D eigenvalue weighted by Crippen LogP contribution is 2.43. The predicted octanol–water partition coefficient (Wildman–Crippen LogP) is 10.9. The monoisotopic (exact) mass is 808 g/mol. The molecule has 0 aliphatic rings. The van der Waals surface area contributed by atoms with Crippen molar-refractivity contribution < 1.29 is 47.5 Å². The molecule has 0 aromatic rings. The van der Waals surface area contributed by atoms with Gasteiger partial charge in [-0.1, -0.05) is 132 Å². The van der Waals surface area contributed by atoms with E-state index >= 15 is 0 Å². The minimum absolute atomic E-state index is 0.103. The summed E-state index contributed by atoms with van der Waals surface area (Å²) >= 11 is 0. The van der Waals surface area contributed by atoms with Gasteiger partial charge in [-0.05, 0) is 83.5 Å². The van der Waals surface area contributed by atoms with Crippen molar-refractivity contribution in [3.63, 3.8) is 0 Å². The SMILES string of the molecule is CC/C=C\C/C=C\C/C=C\C/C=C\CCCCC(=O)O[C@H](COC(=O)CCCCCCCCC/C=C\C/C=C\CCCCC)COP(=O)(O)OC[C@H](N)C(=O)O. The van der Waals surface area contributed by atoms with E-state index < -0.39 is 51.1 Å². The van der Waals surface area contributed by atoms with Crippen LogP contribution in [-0.2, 0) is 37.5 Å². The zero-order chi connectivity index (χ0) is 41.4. The smallest absolute Gasteiger partial charge is 0.472 e. The Morgan fingerprint density at radius 3 is 1.54 bits per heavy atom. The molecule has 0 bridgehead atoms. The third kappa shape index (κ3) is 37.8. The van der Waals surface area contributed by atoms with Crippen LogP contribution >= 0.6 is 7.82 Å². The van der Waals surface area contributed by atoms with E-state index in [9.17, 15) is 23.8 Å². The highest BCUT2D eigenvalue weighted by molar-refractivity contribution is 7.47. The summed E-state index contributed by atoms with van der Waals surface area (Å²) in [5.41, 5.74) is 5.32. The molecule has 0 radical (unpaired) electrons. The number of esters is 2. The highest BCUT2D eigenvalue weighted by atomic mass is 31.2. The quantitative estimate of drug-likeness (QED) is 0.0235. The van der Waals surface area contributed by atoms with Gasteiger partial charge in [0.15, 0.2) is 6.10 Å². The molecule has 4 N–H and O–H groups in total. The van der Waals surface area contributed by atoms with Crippen LogP contribution in [0.4, 0.5) is 0 Å². The molecular weight excluding hydrogens is 733 g/mol. The van der Waals surface area contributed by atoms with Crippen LogP contribution < -0.4 is 5.73 Å². The van der Waals surface area contributed by atoms with E-state index in [1.807, 2.05) is 0 Å². The summed E-state index contributed by atoms with van der Waals surface area (Å²) in [7, 11) is -4.73. The van der Waals surface area contributed by atoms with Gasteiger partial charge < -0.3 is 25.2 Å². The second-order valence-corrected chi connectivity index (χ2v) is 15.2. The van der Waals surface area contributed by atoms with Gasteiger partial charge in [0.05, 0.1) is 13.2 Å². The van der Waals surface area contributed by atoms with E-state index in [0.717, 1.165) is 77.0 Å². The van der Waals surface area contributed by atoms with E-state index in [2.05, 4.69) is 91.3 Å². The van der Waals surface area contributed by atoms with Crippen molar-refractivity contribution in [1.29, 1.82) is 0 Å². The number of aliphatic carboxylic acids is 1. The number of ether oxygens (including phenoxy) is 2. The lowest BCUT2D eigenvalue weighted by Crippen LogP contribution is -2.34. The second-order valence-electron chi connectivity index (χ2n) is 13.7. The number of carboxylic acids is 1. The Balaban J connectivity index is 4.47. The van der Waals surface area contributed by atoms with E-state index in [-0.39, 0.29) is 19.4 Å². The van der Waals surface area contributed by atoms with Gasteiger partial charge in [-0.15, -0.1) is 0 Å². The maximum atomic E-state index is 12.6. The first-order valence-corrected chi connectivity index (χ1v) is 22.5. The number of rotatable bonds is 38.